The highest BCUT2D eigenvalue weighted by molar-refractivity contribution is 5.83. The van der Waals surface area contributed by atoms with Crippen molar-refractivity contribution in [2.75, 3.05) is 5.32 Å². The van der Waals surface area contributed by atoms with Gasteiger partial charge in [0.25, 0.3) is 0 Å². The van der Waals surface area contributed by atoms with Crippen molar-refractivity contribution in [1.82, 2.24) is 9.97 Å². The number of halogens is 1. The van der Waals surface area contributed by atoms with Gasteiger partial charge in [0.05, 0.1) is 16.7 Å². The summed E-state index contributed by atoms with van der Waals surface area (Å²) in [7, 11) is 0. The second kappa shape index (κ2) is 3.10. The third-order valence-corrected chi connectivity index (χ3v) is 1.90. The normalized spacial score (nSPS) is 10.4. The molecule has 1 aromatic carbocycles. The minimum absolute atomic E-state index is 0.138. The van der Waals surface area contributed by atoms with E-state index in [0.29, 0.717) is 23.3 Å². The lowest BCUT2D eigenvalue weighted by Crippen LogP contribution is -1.96. The van der Waals surface area contributed by atoms with Crippen LogP contribution in [0.5, 0.6) is 0 Å². The molecule has 0 fully saturated rings. The fraction of sp³-hybridized carbons (Fsp3) is 0.111. The van der Waals surface area contributed by atoms with Gasteiger partial charge in [-0.05, 0) is 13.0 Å². The number of hydrogen-bond donors (Lipinski definition) is 2. The maximum absolute atomic E-state index is 13.2. The number of nitrogens with one attached hydrogen (secondary N) is 2. The number of aromatic nitrogens is 2. The lowest BCUT2D eigenvalue weighted by atomic mass is 10.2. The summed E-state index contributed by atoms with van der Waals surface area (Å²) in [5.74, 6) is 0.232. The number of benzene rings is 1. The zero-order valence-corrected chi connectivity index (χ0v) is 7.47. The van der Waals surface area contributed by atoms with Gasteiger partial charge >= 0.3 is 0 Å². The van der Waals surface area contributed by atoms with Gasteiger partial charge in [-0.1, -0.05) is 0 Å². The van der Waals surface area contributed by atoms with Crippen LogP contribution in [0.25, 0.3) is 11.0 Å². The Morgan fingerprint density at radius 3 is 3.07 bits per heavy atom. The van der Waals surface area contributed by atoms with E-state index in [1.165, 1.54) is 12.1 Å². The molecule has 2 rings (SSSR count). The van der Waals surface area contributed by atoms with E-state index in [2.05, 4.69) is 15.3 Å². The highest BCUT2D eigenvalue weighted by atomic mass is 19.1. The Hall–Kier alpha value is -1.91. The van der Waals surface area contributed by atoms with Gasteiger partial charge in [0.1, 0.15) is 11.6 Å². The fourth-order valence-electron chi connectivity index (χ4n) is 1.33. The molecule has 0 radical (unpaired) electrons. The largest absolute Gasteiger partial charge is 0.342 e. The number of H-pyrrole nitrogens is 1. The summed E-state index contributed by atoms with van der Waals surface area (Å²) in [6.45, 7) is 1.78. The second-order valence-corrected chi connectivity index (χ2v) is 2.93. The Balaban J connectivity index is 2.63. The van der Waals surface area contributed by atoms with E-state index in [1.807, 2.05) is 0 Å². The van der Waals surface area contributed by atoms with Crippen molar-refractivity contribution in [2.45, 2.75) is 6.92 Å². The quantitative estimate of drug-likeness (QED) is 0.711. The Morgan fingerprint density at radius 1 is 1.57 bits per heavy atom. The molecule has 2 aromatic rings. The Labute approximate surface area is 79.1 Å². The first-order valence-electron chi connectivity index (χ1n) is 4.07. The van der Waals surface area contributed by atoms with Gasteiger partial charge in [0.15, 0.2) is 0 Å². The molecule has 0 spiro atoms. The third kappa shape index (κ3) is 1.32. The zero-order valence-electron chi connectivity index (χ0n) is 7.47. The topological polar surface area (TPSA) is 57.8 Å². The van der Waals surface area contributed by atoms with Crippen LogP contribution in [0.15, 0.2) is 12.1 Å². The van der Waals surface area contributed by atoms with E-state index in [9.17, 15) is 9.18 Å². The minimum atomic E-state index is -0.478. The van der Waals surface area contributed by atoms with Crippen LogP contribution in [0.2, 0.25) is 0 Å². The molecular formula is C9H8FN3O. The lowest BCUT2D eigenvalue weighted by Gasteiger charge is -1.99. The molecule has 0 atom stereocenters. The molecule has 72 valence electrons. The van der Waals surface area contributed by atoms with Crippen molar-refractivity contribution in [3.8, 4) is 0 Å². The Bertz CT molecular complexity index is 492. The van der Waals surface area contributed by atoms with Gasteiger partial charge < -0.3 is 10.3 Å². The number of amides is 1. The zero-order chi connectivity index (χ0) is 10.1. The fourth-order valence-corrected chi connectivity index (χ4v) is 1.33. The molecule has 0 aliphatic heterocycles. The number of fused-ring (bicyclic) bond motifs is 1. The molecule has 0 saturated heterocycles. The first kappa shape index (κ1) is 8.68. The molecule has 0 aliphatic rings. The predicted molar refractivity (Wildman–Crippen MR) is 50.5 cm³/mol. The number of imidazole rings is 1. The molecular weight excluding hydrogens is 185 g/mol. The summed E-state index contributed by atoms with van der Waals surface area (Å²) in [6, 6.07) is 2.80. The lowest BCUT2D eigenvalue weighted by molar-refractivity contribution is -0.105. The first-order valence-corrected chi connectivity index (χ1v) is 4.07. The van der Waals surface area contributed by atoms with E-state index in [4.69, 9.17) is 0 Å². The van der Waals surface area contributed by atoms with Gasteiger partial charge in [-0.15, -0.1) is 0 Å². The summed E-state index contributed by atoms with van der Waals surface area (Å²) in [5, 5.41) is 2.27. The summed E-state index contributed by atoms with van der Waals surface area (Å²) in [5.41, 5.74) is 1.39. The number of aryl methyl sites for hydroxylation is 1. The van der Waals surface area contributed by atoms with Crippen LogP contribution in [0.3, 0.4) is 0 Å². The first-order chi connectivity index (χ1) is 6.70. The van der Waals surface area contributed by atoms with Crippen molar-refractivity contribution < 1.29 is 9.18 Å². The smallest absolute Gasteiger partial charge is 0.211 e. The van der Waals surface area contributed by atoms with Crippen LogP contribution in [0.1, 0.15) is 5.82 Å². The highest BCUT2D eigenvalue weighted by Crippen LogP contribution is 2.20. The average Bonchev–Trinajstić information content (AvgIpc) is 2.45. The summed E-state index contributed by atoms with van der Waals surface area (Å²) in [6.07, 6.45) is 0.434. The molecule has 0 aliphatic carbocycles. The molecule has 0 unspecified atom stereocenters. The van der Waals surface area contributed by atoms with E-state index >= 15 is 0 Å². The maximum Gasteiger partial charge on any atom is 0.211 e. The standard InChI is InChI=1S/C9H8FN3O/c1-5-12-8-2-6(10)7(11-4-14)3-9(8)13-5/h2-4H,1H3,(H,11,14)(H,12,13). The van der Waals surface area contributed by atoms with Crippen LogP contribution in [0, 0.1) is 12.7 Å². The van der Waals surface area contributed by atoms with E-state index < -0.39 is 5.82 Å². The predicted octanol–water partition coefficient (Wildman–Crippen LogP) is 1.58. The van der Waals surface area contributed by atoms with Crippen LogP contribution in [-0.2, 0) is 4.79 Å². The van der Waals surface area contributed by atoms with E-state index in [0.717, 1.165) is 0 Å². The van der Waals surface area contributed by atoms with Crippen molar-refractivity contribution in [3.05, 3.63) is 23.8 Å². The number of rotatable bonds is 2. The summed E-state index contributed by atoms with van der Waals surface area (Å²) >= 11 is 0. The third-order valence-electron chi connectivity index (χ3n) is 1.90. The molecule has 2 N–H and O–H groups in total. The molecule has 5 heteroatoms. The van der Waals surface area contributed by atoms with Crippen molar-refractivity contribution in [2.24, 2.45) is 0 Å². The van der Waals surface area contributed by atoms with Crippen molar-refractivity contribution in [1.29, 1.82) is 0 Å². The van der Waals surface area contributed by atoms with Gasteiger partial charge in [-0.2, -0.15) is 0 Å². The molecule has 1 heterocycles. The number of anilines is 1. The van der Waals surface area contributed by atoms with Gasteiger partial charge in [0, 0.05) is 6.07 Å². The molecule has 0 saturated carbocycles. The molecule has 1 amide bonds. The molecule has 1 aromatic heterocycles. The molecule has 0 bridgehead atoms. The number of carbonyl (C=O) groups is 1. The summed E-state index contributed by atoms with van der Waals surface area (Å²) < 4.78 is 13.2. The van der Waals surface area contributed by atoms with Crippen LogP contribution in [0.4, 0.5) is 10.1 Å². The van der Waals surface area contributed by atoms with Crippen LogP contribution in [-0.4, -0.2) is 16.4 Å². The van der Waals surface area contributed by atoms with Crippen LogP contribution < -0.4 is 5.32 Å². The summed E-state index contributed by atoms with van der Waals surface area (Å²) in [4.78, 5) is 17.2. The Kier molecular flexibility index (Phi) is 1.92. The van der Waals surface area contributed by atoms with E-state index in [1.54, 1.807) is 6.92 Å². The van der Waals surface area contributed by atoms with Crippen LogP contribution >= 0.6 is 0 Å². The molecule has 4 nitrogen and oxygen atoms in total. The maximum atomic E-state index is 13.2. The van der Waals surface area contributed by atoms with E-state index in [-0.39, 0.29) is 5.69 Å². The SMILES string of the molecule is Cc1nc2cc(NC=O)c(F)cc2[nH]1. The highest BCUT2D eigenvalue weighted by Gasteiger charge is 2.06. The number of hydrogen-bond acceptors (Lipinski definition) is 2. The minimum Gasteiger partial charge on any atom is -0.342 e. The number of aromatic amines is 1. The average molecular weight is 193 g/mol. The number of nitrogens with zero attached hydrogens (tertiary/aromatic N) is 1. The van der Waals surface area contributed by atoms with Gasteiger partial charge in [0.2, 0.25) is 6.41 Å². The van der Waals surface area contributed by atoms with Crippen molar-refractivity contribution in [3.63, 3.8) is 0 Å². The van der Waals surface area contributed by atoms with Gasteiger partial charge in [-0.25, -0.2) is 9.37 Å². The Morgan fingerprint density at radius 2 is 2.36 bits per heavy atom. The molecule has 14 heavy (non-hydrogen) atoms. The second-order valence-electron chi connectivity index (χ2n) is 2.93. The van der Waals surface area contributed by atoms with Gasteiger partial charge in [-0.3, -0.25) is 4.79 Å². The monoisotopic (exact) mass is 193 g/mol. The number of carbonyl (C=O) groups excluding carboxylic acids is 1. The van der Waals surface area contributed by atoms with Crippen molar-refractivity contribution >= 4 is 23.1 Å².